The van der Waals surface area contributed by atoms with Gasteiger partial charge in [0.25, 0.3) is 10.0 Å². The first-order valence-corrected chi connectivity index (χ1v) is 8.96. The lowest BCUT2D eigenvalue weighted by Crippen LogP contribution is -2.35. The zero-order chi connectivity index (χ0) is 16.5. The van der Waals surface area contributed by atoms with Crippen LogP contribution < -0.4 is 4.72 Å². The second-order valence-corrected chi connectivity index (χ2v) is 7.80. The van der Waals surface area contributed by atoms with Crippen LogP contribution in [-0.4, -0.2) is 24.1 Å². The van der Waals surface area contributed by atoms with Gasteiger partial charge in [0, 0.05) is 12.5 Å². The number of rotatable bonds is 5. The zero-order valence-corrected chi connectivity index (χ0v) is 14.3. The van der Waals surface area contributed by atoms with E-state index in [1.165, 1.54) is 0 Å². The van der Waals surface area contributed by atoms with Crippen molar-refractivity contribution in [2.24, 2.45) is 11.8 Å². The lowest BCUT2D eigenvalue weighted by molar-refractivity contribution is -0.122. The quantitative estimate of drug-likeness (QED) is 0.839. The van der Waals surface area contributed by atoms with Crippen molar-refractivity contribution < 1.29 is 13.2 Å². The Morgan fingerprint density at radius 2 is 1.95 bits per heavy atom. The molecule has 1 amide bonds. The van der Waals surface area contributed by atoms with E-state index in [0.717, 1.165) is 0 Å². The number of carbonyl (C=O) groups is 1. The molecular formula is C15H23N3O3S. The molecule has 0 aromatic carbocycles. The first kappa shape index (κ1) is 16.7. The van der Waals surface area contributed by atoms with Crippen LogP contribution in [0.15, 0.2) is 17.0 Å². The summed E-state index contributed by atoms with van der Waals surface area (Å²) in [6.07, 6.45) is 4.97. The molecule has 7 heteroatoms. The highest BCUT2D eigenvalue weighted by molar-refractivity contribution is 7.90. The van der Waals surface area contributed by atoms with Gasteiger partial charge in [-0.05, 0) is 32.6 Å². The summed E-state index contributed by atoms with van der Waals surface area (Å²) in [5.74, 6) is -0.380. The van der Waals surface area contributed by atoms with E-state index >= 15 is 0 Å². The predicted octanol–water partition coefficient (Wildman–Crippen LogP) is 1.93. The Morgan fingerprint density at radius 3 is 2.50 bits per heavy atom. The van der Waals surface area contributed by atoms with Crippen LogP contribution in [0, 0.1) is 25.7 Å². The van der Waals surface area contributed by atoms with Crippen molar-refractivity contribution in [3.8, 4) is 0 Å². The van der Waals surface area contributed by atoms with Crippen LogP contribution >= 0.6 is 0 Å². The molecule has 0 saturated heterocycles. The Morgan fingerprint density at radius 1 is 1.36 bits per heavy atom. The second-order valence-electron chi connectivity index (χ2n) is 6.19. The van der Waals surface area contributed by atoms with Gasteiger partial charge in [0.1, 0.15) is 4.90 Å². The molecule has 1 aliphatic carbocycles. The molecule has 0 radical (unpaired) electrons. The first-order chi connectivity index (χ1) is 10.2. The normalized spacial score (nSPS) is 15.7. The summed E-state index contributed by atoms with van der Waals surface area (Å²) in [6.45, 7) is 8.10. The summed E-state index contributed by atoms with van der Waals surface area (Å²) in [5.41, 5.74) is 0.985. The van der Waals surface area contributed by atoms with Gasteiger partial charge < -0.3 is 0 Å². The Bertz CT molecular complexity index is 694. The smallest absolute Gasteiger partial charge is 0.267 e. The number of aromatic nitrogens is 2. The Kier molecular flexibility index (Phi) is 4.75. The molecule has 22 heavy (non-hydrogen) atoms. The number of sulfonamides is 1. The molecule has 0 atom stereocenters. The number of hydrogen-bond donors (Lipinski definition) is 1. The molecule has 0 aliphatic heterocycles. The highest BCUT2D eigenvalue weighted by Gasteiger charge is 2.29. The minimum absolute atomic E-state index is 0.118. The van der Waals surface area contributed by atoms with Crippen molar-refractivity contribution in [2.75, 3.05) is 0 Å². The summed E-state index contributed by atoms with van der Waals surface area (Å²) in [6, 6.07) is 0. The molecule has 1 aromatic heterocycles. The number of amides is 1. The molecule has 6 nitrogen and oxygen atoms in total. The van der Waals surface area contributed by atoms with E-state index in [1.807, 2.05) is 26.0 Å². The predicted molar refractivity (Wildman–Crippen MR) is 83.7 cm³/mol. The zero-order valence-electron chi connectivity index (χ0n) is 13.5. The monoisotopic (exact) mass is 325 g/mol. The summed E-state index contributed by atoms with van der Waals surface area (Å²) in [5, 5.41) is 4.30. The van der Waals surface area contributed by atoms with Crippen LogP contribution in [-0.2, 0) is 21.4 Å². The number of aryl methyl sites for hydroxylation is 1. The fourth-order valence-electron chi connectivity index (χ4n) is 2.69. The van der Waals surface area contributed by atoms with Gasteiger partial charge in [-0.15, -0.1) is 0 Å². The van der Waals surface area contributed by atoms with Gasteiger partial charge in [-0.2, -0.15) is 5.10 Å². The molecule has 0 unspecified atom stereocenters. The third kappa shape index (κ3) is 3.40. The van der Waals surface area contributed by atoms with Crippen molar-refractivity contribution in [1.82, 2.24) is 14.5 Å². The first-order valence-electron chi connectivity index (χ1n) is 7.48. The van der Waals surface area contributed by atoms with Crippen LogP contribution in [0.1, 0.15) is 38.1 Å². The fraction of sp³-hybridized carbons (Fsp3) is 0.600. The molecule has 0 saturated carbocycles. The van der Waals surface area contributed by atoms with E-state index in [1.54, 1.807) is 18.5 Å². The topological polar surface area (TPSA) is 81.1 Å². The number of hydrogen-bond acceptors (Lipinski definition) is 4. The van der Waals surface area contributed by atoms with Crippen molar-refractivity contribution in [2.45, 2.75) is 52.0 Å². The summed E-state index contributed by atoms with van der Waals surface area (Å²) < 4.78 is 29.0. The molecule has 1 N–H and O–H groups in total. The molecule has 0 bridgehead atoms. The van der Waals surface area contributed by atoms with Crippen molar-refractivity contribution in [3.63, 3.8) is 0 Å². The molecule has 1 heterocycles. The highest BCUT2D eigenvalue weighted by atomic mass is 32.2. The summed E-state index contributed by atoms with van der Waals surface area (Å²) >= 11 is 0. The van der Waals surface area contributed by atoms with Gasteiger partial charge in [-0.25, -0.2) is 13.1 Å². The van der Waals surface area contributed by atoms with Crippen LogP contribution in [0.2, 0.25) is 0 Å². The van der Waals surface area contributed by atoms with Crippen LogP contribution in [0.4, 0.5) is 0 Å². The maximum atomic E-state index is 12.5. The van der Waals surface area contributed by atoms with Gasteiger partial charge in [-0.1, -0.05) is 26.0 Å². The third-order valence-electron chi connectivity index (χ3n) is 3.74. The number of allylic oxidation sites excluding steroid dienone is 2. The highest BCUT2D eigenvalue weighted by Crippen LogP contribution is 2.22. The van der Waals surface area contributed by atoms with Gasteiger partial charge in [0.15, 0.2) is 0 Å². The Balaban J connectivity index is 2.25. The van der Waals surface area contributed by atoms with Gasteiger partial charge in [-0.3, -0.25) is 9.48 Å². The van der Waals surface area contributed by atoms with E-state index in [4.69, 9.17) is 0 Å². The molecule has 2 rings (SSSR count). The molecule has 1 aliphatic rings. The maximum absolute atomic E-state index is 12.5. The number of nitrogens with zero attached hydrogens (tertiary/aromatic N) is 2. The van der Waals surface area contributed by atoms with Gasteiger partial charge >= 0.3 is 0 Å². The van der Waals surface area contributed by atoms with Crippen molar-refractivity contribution in [1.29, 1.82) is 0 Å². The molecule has 1 aromatic rings. The lowest BCUT2D eigenvalue weighted by Gasteiger charge is -2.12. The standard InChI is InChI=1S/C15H23N3O3S/c1-10(2)9-18-12(4)14(11(3)16-18)22(20,21)17-15(19)13-7-5-6-8-13/h5-6,10,13H,7-9H2,1-4H3,(H,17,19). The van der Waals surface area contributed by atoms with Crippen LogP contribution in [0.5, 0.6) is 0 Å². The Hall–Kier alpha value is -1.63. The second kappa shape index (κ2) is 6.24. The summed E-state index contributed by atoms with van der Waals surface area (Å²) in [4.78, 5) is 12.2. The average Bonchev–Trinajstić information content (AvgIpc) is 2.97. The van der Waals surface area contributed by atoms with Gasteiger partial charge in [0.2, 0.25) is 5.91 Å². The van der Waals surface area contributed by atoms with Crippen LogP contribution in [0.25, 0.3) is 0 Å². The number of carbonyl (C=O) groups excluding carboxylic acids is 1. The molecule has 0 spiro atoms. The van der Waals surface area contributed by atoms with E-state index in [0.29, 0.717) is 36.7 Å². The van der Waals surface area contributed by atoms with Crippen molar-refractivity contribution >= 4 is 15.9 Å². The van der Waals surface area contributed by atoms with Crippen molar-refractivity contribution in [3.05, 3.63) is 23.5 Å². The minimum atomic E-state index is -3.88. The van der Waals surface area contributed by atoms with E-state index in [9.17, 15) is 13.2 Å². The average molecular weight is 325 g/mol. The minimum Gasteiger partial charge on any atom is -0.274 e. The SMILES string of the molecule is Cc1nn(CC(C)C)c(C)c1S(=O)(=O)NC(=O)C1CC=CC1. The fourth-order valence-corrected chi connectivity index (χ4v) is 4.15. The van der Waals surface area contributed by atoms with E-state index in [-0.39, 0.29) is 10.8 Å². The maximum Gasteiger partial charge on any atom is 0.267 e. The van der Waals surface area contributed by atoms with E-state index < -0.39 is 15.9 Å². The molecule has 122 valence electrons. The molecular weight excluding hydrogens is 302 g/mol. The lowest BCUT2D eigenvalue weighted by atomic mass is 10.1. The molecule has 0 fully saturated rings. The van der Waals surface area contributed by atoms with Crippen LogP contribution in [0.3, 0.4) is 0 Å². The van der Waals surface area contributed by atoms with E-state index in [2.05, 4.69) is 9.82 Å². The third-order valence-corrected chi connectivity index (χ3v) is 5.33. The van der Waals surface area contributed by atoms with Gasteiger partial charge in [0.05, 0.1) is 11.4 Å². The summed E-state index contributed by atoms with van der Waals surface area (Å²) in [7, 11) is -3.88. The largest absolute Gasteiger partial charge is 0.274 e. The Labute approximate surface area is 131 Å². The number of nitrogens with one attached hydrogen (secondary N) is 1.